The molecular weight excluding hydrogens is 418 g/mol. The molecule has 0 unspecified atom stereocenters. The van der Waals surface area contributed by atoms with E-state index >= 15 is 0 Å². The number of nitrogen functional groups attached to an aromatic ring is 1. The second-order valence-electron chi connectivity index (χ2n) is 6.50. The van der Waals surface area contributed by atoms with E-state index in [-0.39, 0.29) is 12.4 Å². The topological polar surface area (TPSA) is 152 Å². The molecule has 0 spiro atoms. The third-order valence-corrected chi connectivity index (χ3v) is 5.10. The van der Waals surface area contributed by atoms with Gasteiger partial charge in [0.25, 0.3) is 11.5 Å². The average Bonchev–Trinajstić information content (AvgIpc) is 3.29. The lowest BCUT2D eigenvalue weighted by Crippen LogP contribution is -2.27. The molecule has 1 amide bonds. The maximum atomic E-state index is 12.5. The van der Waals surface area contributed by atoms with Crippen molar-refractivity contribution < 1.29 is 9.53 Å². The predicted octanol–water partition coefficient (Wildman–Crippen LogP) is 1.72. The molecule has 0 bridgehead atoms. The highest BCUT2D eigenvalue weighted by Crippen LogP contribution is 2.16. The van der Waals surface area contributed by atoms with Crippen LogP contribution in [0.2, 0.25) is 0 Å². The molecule has 2 aromatic heterocycles. The molecule has 0 aliphatic rings. The highest BCUT2D eigenvalue weighted by atomic mass is 32.2. The fourth-order valence-electron chi connectivity index (χ4n) is 2.83. The Morgan fingerprint density at radius 3 is 2.97 bits per heavy atom. The van der Waals surface area contributed by atoms with E-state index in [0.29, 0.717) is 39.9 Å². The molecule has 4 rings (SSSR count). The molecule has 0 atom stereocenters. The number of fused-ring (bicyclic) bond motifs is 1. The van der Waals surface area contributed by atoms with Gasteiger partial charge in [0.2, 0.25) is 5.16 Å². The second kappa shape index (κ2) is 9.30. The first-order valence-corrected chi connectivity index (χ1v) is 10.3. The number of hydrogen-bond acceptors (Lipinski definition) is 8. The summed E-state index contributed by atoms with van der Waals surface area (Å²) in [7, 11) is 0. The zero-order chi connectivity index (χ0) is 21.6. The van der Waals surface area contributed by atoms with Crippen LogP contribution in [0.3, 0.4) is 0 Å². The summed E-state index contributed by atoms with van der Waals surface area (Å²) in [4.78, 5) is 35.4. The van der Waals surface area contributed by atoms with Crippen molar-refractivity contribution in [3.05, 3.63) is 70.5 Å². The fraction of sp³-hybridized carbons (Fsp3) is 0.150. The van der Waals surface area contributed by atoms with E-state index in [1.54, 1.807) is 12.1 Å². The molecule has 0 saturated carbocycles. The number of carbonyl (C=O) groups is 1. The van der Waals surface area contributed by atoms with Gasteiger partial charge in [-0.3, -0.25) is 14.7 Å². The number of ether oxygens (including phenoxy) is 1. The third kappa shape index (κ3) is 5.20. The SMILES string of the molecule is Nc1ccc2nc(C(=O)NCc3cccc(OCCSc4nc[nH]n4)c3)[nH]c(=O)c2c1. The molecule has 158 valence electrons. The van der Waals surface area contributed by atoms with Crippen LogP contribution >= 0.6 is 11.8 Å². The first-order chi connectivity index (χ1) is 15.1. The van der Waals surface area contributed by atoms with Crippen LogP contribution in [0.1, 0.15) is 16.2 Å². The quantitative estimate of drug-likeness (QED) is 0.185. The predicted molar refractivity (Wildman–Crippen MR) is 117 cm³/mol. The minimum absolute atomic E-state index is 0.0568. The maximum absolute atomic E-state index is 12.5. The lowest BCUT2D eigenvalue weighted by molar-refractivity contribution is 0.0940. The number of anilines is 1. The Morgan fingerprint density at radius 2 is 2.13 bits per heavy atom. The largest absolute Gasteiger partial charge is 0.493 e. The fourth-order valence-corrected chi connectivity index (χ4v) is 3.43. The van der Waals surface area contributed by atoms with Crippen molar-refractivity contribution in [3.8, 4) is 5.75 Å². The van der Waals surface area contributed by atoms with E-state index in [1.165, 1.54) is 24.2 Å². The van der Waals surface area contributed by atoms with Crippen molar-refractivity contribution >= 4 is 34.3 Å². The molecule has 0 aliphatic heterocycles. The summed E-state index contributed by atoms with van der Waals surface area (Å²) in [6, 6.07) is 12.2. The lowest BCUT2D eigenvalue weighted by Gasteiger charge is -2.09. The van der Waals surface area contributed by atoms with Crippen LogP contribution in [0.25, 0.3) is 10.9 Å². The number of aromatic amines is 2. The standard InChI is InChI=1S/C20H19N7O3S/c21-13-4-5-16-15(9-13)18(28)26-17(25-16)19(29)22-10-12-2-1-3-14(8-12)30-6-7-31-20-23-11-24-27-20/h1-5,8-9,11H,6-7,10,21H2,(H,22,29)(H,23,24,27)(H,25,26,28). The van der Waals surface area contributed by atoms with Gasteiger partial charge in [0, 0.05) is 18.0 Å². The number of carbonyl (C=O) groups excluding carboxylic acids is 1. The number of aromatic nitrogens is 5. The molecule has 2 aromatic carbocycles. The number of hydrogen-bond donors (Lipinski definition) is 4. The molecule has 10 nitrogen and oxygen atoms in total. The van der Waals surface area contributed by atoms with E-state index in [0.717, 1.165) is 5.56 Å². The Balaban J connectivity index is 1.34. The number of rotatable bonds is 8. The zero-order valence-corrected chi connectivity index (χ0v) is 17.1. The highest BCUT2D eigenvalue weighted by Gasteiger charge is 2.12. The van der Waals surface area contributed by atoms with Crippen LogP contribution in [0.15, 0.2) is 58.7 Å². The Kier molecular flexibility index (Phi) is 6.13. The lowest BCUT2D eigenvalue weighted by atomic mass is 10.2. The Bertz CT molecular complexity index is 1260. The number of nitrogens with two attached hydrogens (primary N) is 1. The summed E-state index contributed by atoms with van der Waals surface area (Å²) in [5.74, 6) is 0.853. The van der Waals surface area contributed by atoms with Crippen molar-refractivity contribution in [2.24, 2.45) is 0 Å². The van der Waals surface area contributed by atoms with E-state index in [2.05, 4.69) is 30.5 Å². The summed E-state index contributed by atoms with van der Waals surface area (Å²) >= 11 is 1.49. The van der Waals surface area contributed by atoms with Crippen molar-refractivity contribution in [2.75, 3.05) is 18.1 Å². The summed E-state index contributed by atoms with van der Waals surface area (Å²) in [6.45, 7) is 0.743. The van der Waals surface area contributed by atoms with Crippen LogP contribution in [0.5, 0.6) is 5.75 Å². The minimum Gasteiger partial charge on any atom is -0.493 e. The first-order valence-electron chi connectivity index (χ1n) is 9.36. The number of nitrogens with one attached hydrogen (secondary N) is 3. The van der Waals surface area contributed by atoms with Crippen LogP contribution in [0, 0.1) is 0 Å². The highest BCUT2D eigenvalue weighted by molar-refractivity contribution is 7.99. The third-order valence-electron chi connectivity index (χ3n) is 4.27. The van der Waals surface area contributed by atoms with E-state index < -0.39 is 11.5 Å². The van der Waals surface area contributed by atoms with Crippen LogP contribution in [0.4, 0.5) is 5.69 Å². The van der Waals surface area contributed by atoms with E-state index in [4.69, 9.17) is 10.5 Å². The van der Waals surface area contributed by atoms with Gasteiger partial charge in [-0.1, -0.05) is 23.9 Å². The summed E-state index contributed by atoms with van der Waals surface area (Å²) < 4.78 is 5.74. The number of nitrogens with zero attached hydrogens (tertiary/aromatic N) is 3. The number of benzene rings is 2. The molecular formula is C20H19N7O3S. The Labute approximate surface area is 180 Å². The van der Waals surface area contributed by atoms with Crippen molar-refractivity contribution in [1.82, 2.24) is 30.5 Å². The molecule has 4 aromatic rings. The second-order valence-corrected chi connectivity index (χ2v) is 7.56. The molecule has 2 heterocycles. The Morgan fingerprint density at radius 1 is 1.23 bits per heavy atom. The van der Waals surface area contributed by atoms with E-state index in [1.807, 2.05) is 24.3 Å². The van der Waals surface area contributed by atoms with Gasteiger partial charge in [-0.15, -0.1) is 5.10 Å². The van der Waals surface area contributed by atoms with Gasteiger partial charge in [-0.25, -0.2) is 9.97 Å². The zero-order valence-electron chi connectivity index (χ0n) is 16.3. The molecule has 31 heavy (non-hydrogen) atoms. The monoisotopic (exact) mass is 437 g/mol. The van der Waals surface area contributed by atoms with Crippen LogP contribution in [-0.4, -0.2) is 43.4 Å². The van der Waals surface area contributed by atoms with Gasteiger partial charge < -0.3 is 20.8 Å². The van der Waals surface area contributed by atoms with E-state index in [9.17, 15) is 9.59 Å². The first kappa shape index (κ1) is 20.4. The molecule has 5 N–H and O–H groups in total. The van der Waals surface area contributed by atoms with Gasteiger partial charge in [0.1, 0.15) is 12.1 Å². The normalized spacial score (nSPS) is 10.8. The van der Waals surface area contributed by atoms with Crippen LogP contribution in [-0.2, 0) is 6.54 Å². The molecule has 0 radical (unpaired) electrons. The molecule has 0 fully saturated rings. The summed E-state index contributed by atoms with van der Waals surface area (Å²) in [5.41, 5.74) is 6.99. The van der Waals surface area contributed by atoms with Gasteiger partial charge in [0.05, 0.1) is 17.5 Å². The average molecular weight is 437 g/mol. The van der Waals surface area contributed by atoms with Crippen molar-refractivity contribution in [2.45, 2.75) is 11.7 Å². The van der Waals surface area contributed by atoms with Gasteiger partial charge in [-0.05, 0) is 35.9 Å². The van der Waals surface area contributed by atoms with Crippen molar-refractivity contribution in [1.29, 1.82) is 0 Å². The number of H-pyrrole nitrogens is 2. The van der Waals surface area contributed by atoms with Gasteiger partial charge in [-0.2, -0.15) is 0 Å². The Hall–Kier alpha value is -3.86. The van der Waals surface area contributed by atoms with Gasteiger partial charge >= 0.3 is 0 Å². The summed E-state index contributed by atoms with van der Waals surface area (Å²) in [5, 5.41) is 10.4. The van der Waals surface area contributed by atoms with Crippen molar-refractivity contribution in [3.63, 3.8) is 0 Å². The maximum Gasteiger partial charge on any atom is 0.287 e. The smallest absolute Gasteiger partial charge is 0.287 e. The number of amides is 1. The van der Waals surface area contributed by atoms with Gasteiger partial charge in [0.15, 0.2) is 5.82 Å². The molecule has 0 aliphatic carbocycles. The summed E-state index contributed by atoms with van der Waals surface area (Å²) in [6.07, 6.45) is 1.53. The number of thioether (sulfide) groups is 1. The molecule has 0 saturated heterocycles. The van der Waals surface area contributed by atoms with Crippen LogP contribution < -0.4 is 21.3 Å². The molecule has 11 heteroatoms. The minimum atomic E-state index is -0.481.